The van der Waals surface area contributed by atoms with Crippen molar-refractivity contribution in [3.8, 4) is 0 Å². The molecule has 9 nitrogen and oxygen atoms in total. The molecule has 0 bridgehead atoms. The molecule has 2 aromatic carbocycles. The summed E-state index contributed by atoms with van der Waals surface area (Å²) in [7, 11) is -0.492. The summed E-state index contributed by atoms with van der Waals surface area (Å²) in [4.78, 5) is 16.4. The number of primary sulfonamides is 1. The van der Waals surface area contributed by atoms with Crippen molar-refractivity contribution in [1.29, 1.82) is 0 Å². The third-order valence-corrected chi connectivity index (χ3v) is 5.01. The summed E-state index contributed by atoms with van der Waals surface area (Å²) >= 11 is 0. The first kappa shape index (κ1) is 17.8. The van der Waals surface area contributed by atoms with Crippen LogP contribution in [0.25, 0.3) is 11.0 Å². The molecule has 0 radical (unpaired) electrons. The van der Waals surface area contributed by atoms with Gasteiger partial charge in [0.15, 0.2) is 0 Å². The van der Waals surface area contributed by atoms with Gasteiger partial charge in [0, 0.05) is 31.9 Å². The van der Waals surface area contributed by atoms with E-state index in [9.17, 15) is 18.5 Å². The standard InChI is InChI=1S/C16H17N5O4S/c1-19(10-16-18-14-5-3-4-6-15(14)20(16)2)11-7-12(21(22)23)9-13(8-11)26(17,24)25/h3-9H,10H2,1-2H3,(H2,17,24,25). The Balaban J connectivity index is 2.01. The van der Waals surface area contributed by atoms with Gasteiger partial charge in [0.2, 0.25) is 10.0 Å². The minimum absolute atomic E-state index is 0.307. The third kappa shape index (κ3) is 3.37. The molecule has 3 aromatic rings. The molecular weight excluding hydrogens is 358 g/mol. The summed E-state index contributed by atoms with van der Waals surface area (Å²) in [5.41, 5.74) is 1.81. The molecule has 0 amide bonds. The lowest BCUT2D eigenvalue weighted by molar-refractivity contribution is -0.385. The number of sulfonamides is 1. The Labute approximate surface area is 149 Å². The van der Waals surface area contributed by atoms with Gasteiger partial charge in [-0.15, -0.1) is 0 Å². The van der Waals surface area contributed by atoms with E-state index in [1.54, 1.807) is 11.9 Å². The molecule has 2 N–H and O–H groups in total. The number of anilines is 1. The van der Waals surface area contributed by atoms with Crippen LogP contribution in [0.5, 0.6) is 0 Å². The molecule has 0 unspecified atom stereocenters. The number of hydrogen-bond donors (Lipinski definition) is 1. The molecule has 0 saturated heterocycles. The number of aromatic nitrogens is 2. The number of para-hydroxylation sites is 2. The van der Waals surface area contributed by atoms with Gasteiger partial charge in [0.25, 0.3) is 5.69 Å². The number of nitro groups is 1. The number of rotatable bonds is 5. The van der Waals surface area contributed by atoms with Crippen LogP contribution in [-0.2, 0) is 23.6 Å². The van der Waals surface area contributed by atoms with Crippen LogP contribution in [-0.4, -0.2) is 29.9 Å². The molecule has 26 heavy (non-hydrogen) atoms. The van der Waals surface area contributed by atoms with Crippen LogP contribution in [0, 0.1) is 10.1 Å². The fourth-order valence-electron chi connectivity index (χ4n) is 2.70. The van der Waals surface area contributed by atoms with Crippen molar-refractivity contribution in [2.45, 2.75) is 11.4 Å². The van der Waals surface area contributed by atoms with E-state index in [0.717, 1.165) is 22.9 Å². The quantitative estimate of drug-likeness (QED) is 0.535. The average Bonchev–Trinajstić information content (AvgIpc) is 2.90. The van der Waals surface area contributed by atoms with Crippen LogP contribution < -0.4 is 10.0 Å². The Bertz CT molecular complexity index is 1110. The number of aryl methyl sites for hydroxylation is 1. The SMILES string of the molecule is CN(Cc1nc2ccccc2n1C)c1cc([N+](=O)[O-])cc(S(N)(=O)=O)c1. The zero-order chi connectivity index (χ0) is 19.1. The van der Waals surface area contributed by atoms with E-state index >= 15 is 0 Å². The molecule has 1 heterocycles. The van der Waals surface area contributed by atoms with Crippen LogP contribution >= 0.6 is 0 Å². The fourth-order valence-corrected chi connectivity index (χ4v) is 3.27. The highest BCUT2D eigenvalue weighted by atomic mass is 32.2. The zero-order valence-electron chi connectivity index (χ0n) is 14.2. The maximum absolute atomic E-state index is 11.6. The second kappa shape index (κ2) is 6.39. The molecule has 136 valence electrons. The van der Waals surface area contributed by atoms with E-state index in [2.05, 4.69) is 4.98 Å². The van der Waals surface area contributed by atoms with Crippen molar-refractivity contribution in [2.24, 2.45) is 12.2 Å². The molecule has 0 spiro atoms. The van der Waals surface area contributed by atoms with Crippen molar-refractivity contribution in [3.63, 3.8) is 0 Å². The van der Waals surface area contributed by atoms with Crippen LogP contribution in [0.4, 0.5) is 11.4 Å². The summed E-state index contributed by atoms with van der Waals surface area (Å²) in [6, 6.07) is 11.2. The number of hydrogen-bond acceptors (Lipinski definition) is 6. The van der Waals surface area contributed by atoms with Crippen molar-refractivity contribution in [1.82, 2.24) is 9.55 Å². The summed E-state index contributed by atoms with van der Waals surface area (Å²) in [6.45, 7) is 0.330. The summed E-state index contributed by atoms with van der Waals surface area (Å²) in [6.07, 6.45) is 0. The molecule has 0 saturated carbocycles. The van der Waals surface area contributed by atoms with Gasteiger partial charge in [-0.05, 0) is 18.2 Å². The summed E-state index contributed by atoms with van der Waals surface area (Å²) < 4.78 is 25.2. The molecule has 0 fully saturated rings. The van der Waals surface area contributed by atoms with E-state index in [1.165, 1.54) is 12.1 Å². The van der Waals surface area contributed by atoms with Crippen LogP contribution in [0.15, 0.2) is 47.4 Å². The Kier molecular flexibility index (Phi) is 4.38. The molecule has 10 heteroatoms. The van der Waals surface area contributed by atoms with E-state index in [4.69, 9.17) is 5.14 Å². The van der Waals surface area contributed by atoms with E-state index < -0.39 is 14.9 Å². The lowest BCUT2D eigenvalue weighted by atomic mass is 10.2. The van der Waals surface area contributed by atoms with Crippen molar-refractivity contribution >= 4 is 32.4 Å². The summed E-state index contributed by atoms with van der Waals surface area (Å²) in [5, 5.41) is 16.3. The lowest BCUT2D eigenvalue weighted by Gasteiger charge is -2.19. The largest absolute Gasteiger partial charge is 0.367 e. The highest BCUT2D eigenvalue weighted by Gasteiger charge is 2.19. The maximum atomic E-state index is 11.6. The predicted molar refractivity (Wildman–Crippen MR) is 97.3 cm³/mol. The Morgan fingerprint density at radius 3 is 2.58 bits per heavy atom. The van der Waals surface area contributed by atoms with Gasteiger partial charge < -0.3 is 9.47 Å². The minimum atomic E-state index is -4.07. The first-order valence-electron chi connectivity index (χ1n) is 7.60. The Morgan fingerprint density at radius 1 is 1.27 bits per heavy atom. The first-order chi connectivity index (χ1) is 12.2. The Hall–Kier alpha value is -2.98. The molecule has 0 atom stereocenters. The normalized spacial score (nSPS) is 11.7. The second-order valence-corrected chi connectivity index (χ2v) is 7.48. The lowest BCUT2D eigenvalue weighted by Crippen LogP contribution is -2.20. The maximum Gasteiger partial charge on any atom is 0.272 e. The highest BCUT2D eigenvalue weighted by molar-refractivity contribution is 7.89. The molecule has 1 aromatic heterocycles. The van der Waals surface area contributed by atoms with Gasteiger partial charge in [-0.2, -0.15) is 0 Å². The number of nitrogens with two attached hydrogens (primary N) is 1. The number of nitrogens with zero attached hydrogens (tertiary/aromatic N) is 4. The molecule has 0 aliphatic carbocycles. The number of fused-ring (bicyclic) bond motifs is 1. The van der Waals surface area contributed by atoms with E-state index in [-0.39, 0.29) is 10.6 Å². The van der Waals surface area contributed by atoms with Crippen LogP contribution in [0.3, 0.4) is 0 Å². The summed E-state index contributed by atoms with van der Waals surface area (Å²) in [5.74, 6) is 0.734. The molecule has 0 aliphatic rings. The van der Waals surface area contributed by atoms with E-state index in [1.807, 2.05) is 35.9 Å². The average molecular weight is 375 g/mol. The van der Waals surface area contributed by atoms with Crippen molar-refractivity contribution < 1.29 is 13.3 Å². The minimum Gasteiger partial charge on any atom is -0.367 e. The smallest absolute Gasteiger partial charge is 0.272 e. The van der Waals surface area contributed by atoms with Gasteiger partial charge in [-0.25, -0.2) is 18.5 Å². The fraction of sp³-hybridized carbons (Fsp3) is 0.188. The first-order valence-corrected chi connectivity index (χ1v) is 9.15. The molecule has 3 rings (SSSR count). The van der Waals surface area contributed by atoms with Gasteiger partial charge in [-0.1, -0.05) is 12.1 Å². The predicted octanol–water partition coefficient (Wildman–Crippen LogP) is 1.77. The number of imidazole rings is 1. The molecular formula is C16H17N5O4S. The topological polar surface area (TPSA) is 124 Å². The highest BCUT2D eigenvalue weighted by Crippen LogP contribution is 2.27. The number of benzene rings is 2. The van der Waals surface area contributed by atoms with Crippen LogP contribution in [0.2, 0.25) is 0 Å². The molecule has 0 aliphatic heterocycles. The monoisotopic (exact) mass is 375 g/mol. The van der Waals surface area contributed by atoms with Crippen LogP contribution in [0.1, 0.15) is 5.82 Å². The number of non-ortho nitro benzene ring substituents is 1. The van der Waals surface area contributed by atoms with Crippen molar-refractivity contribution in [3.05, 3.63) is 58.4 Å². The van der Waals surface area contributed by atoms with Crippen molar-refractivity contribution in [2.75, 3.05) is 11.9 Å². The van der Waals surface area contributed by atoms with Gasteiger partial charge in [0.1, 0.15) is 5.82 Å². The van der Waals surface area contributed by atoms with Gasteiger partial charge >= 0.3 is 0 Å². The number of nitro benzene ring substituents is 1. The third-order valence-electron chi connectivity index (χ3n) is 4.11. The zero-order valence-corrected chi connectivity index (χ0v) is 15.0. The van der Waals surface area contributed by atoms with Gasteiger partial charge in [-0.3, -0.25) is 10.1 Å². The van der Waals surface area contributed by atoms with E-state index in [0.29, 0.717) is 12.2 Å². The Morgan fingerprint density at radius 2 is 1.96 bits per heavy atom. The second-order valence-electron chi connectivity index (χ2n) is 5.92. The van der Waals surface area contributed by atoms with Gasteiger partial charge in [0.05, 0.1) is 27.4 Å².